The zero-order valence-corrected chi connectivity index (χ0v) is 19.6. The monoisotopic (exact) mass is 468 g/mol. The maximum atomic E-state index is 13.7. The predicted octanol–water partition coefficient (Wildman–Crippen LogP) is 4.69. The maximum Gasteiger partial charge on any atom is 0.319 e. The van der Waals surface area contributed by atoms with E-state index in [1.807, 2.05) is 29.2 Å². The predicted molar refractivity (Wildman–Crippen MR) is 128 cm³/mol. The van der Waals surface area contributed by atoms with Gasteiger partial charge in [0.05, 0.1) is 5.02 Å². The van der Waals surface area contributed by atoms with Gasteiger partial charge in [0, 0.05) is 69.4 Å². The van der Waals surface area contributed by atoms with E-state index in [4.69, 9.17) is 11.6 Å². The Balaban J connectivity index is 1.68. The third-order valence-electron chi connectivity index (χ3n) is 5.74. The lowest BCUT2D eigenvalue weighted by Crippen LogP contribution is -2.51. The van der Waals surface area contributed by atoms with Crippen molar-refractivity contribution in [3.63, 3.8) is 0 Å². The van der Waals surface area contributed by atoms with E-state index in [9.17, 15) is 9.18 Å². The minimum atomic E-state index is -1.04. The third-order valence-corrected chi connectivity index (χ3v) is 6.05. The van der Waals surface area contributed by atoms with Crippen LogP contribution in [0.3, 0.4) is 0 Å². The molecule has 1 aliphatic heterocycles. The van der Waals surface area contributed by atoms with Crippen LogP contribution in [0.15, 0.2) is 48.8 Å². The molecular weight excluding hydrogens is 443 g/mol. The van der Waals surface area contributed by atoms with Gasteiger partial charge in [-0.1, -0.05) is 35.9 Å². The van der Waals surface area contributed by atoms with E-state index < -0.39 is 6.17 Å². The Hall–Kier alpha value is -3.26. The van der Waals surface area contributed by atoms with Crippen LogP contribution in [0, 0.1) is 0 Å². The highest BCUT2D eigenvalue weighted by atomic mass is 35.5. The number of carbonyl (C=O) groups is 1. The number of hydrogen-bond acceptors (Lipinski definition) is 5. The van der Waals surface area contributed by atoms with E-state index in [1.54, 1.807) is 43.5 Å². The van der Waals surface area contributed by atoms with Crippen LogP contribution in [0.2, 0.25) is 5.02 Å². The average molecular weight is 469 g/mol. The second-order valence-corrected chi connectivity index (χ2v) is 8.62. The number of hydrogen-bond donors (Lipinski definition) is 0. The van der Waals surface area contributed by atoms with Gasteiger partial charge in [0.2, 0.25) is 0 Å². The molecule has 0 bridgehead atoms. The number of carbonyl (C=O) groups excluding carboxylic acids is 1. The standard InChI is InChI=1S/C24H26ClFN6O/c1-16(26)17-4-6-18(7-5-17)23-20(19-8-9-27-15-21(19)25)14-22(28-29-23)31-10-12-32(13-11-31)24(33)30(2)3/h4-9,14-16H,10-13H2,1-3H3. The van der Waals surface area contributed by atoms with E-state index >= 15 is 0 Å². The van der Waals surface area contributed by atoms with Crippen LogP contribution in [-0.4, -0.2) is 71.3 Å². The summed E-state index contributed by atoms with van der Waals surface area (Å²) in [4.78, 5) is 21.9. The molecule has 0 saturated carbocycles. The minimum Gasteiger partial charge on any atom is -0.352 e. The number of anilines is 1. The number of pyridine rings is 1. The summed E-state index contributed by atoms with van der Waals surface area (Å²) in [7, 11) is 3.51. The molecule has 2 aromatic heterocycles. The number of halogens is 2. The van der Waals surface area contributed by atoms with Gasteiger partial charge in [-0.25, -0.2) is 9.18 Å². The highest BCUT2D eigenvalue weighted by Gasteiger charge is 2.24. The number of aromatic nitrogens is 3. The molecule has 1 fully saturated rings. The van der Waals surface area contributed by atoms with Gasteiger partial charge in [-0.15, -0.1) is 10.2 Å². The molecule has 0 N–H and O–H groups in total. The largest absolute Gasteiger partial charge is 0.352 e. The molecule has 1 unspecified atom stereocenters. The fraction of sp³-hybridized carbons (Fsp3) is 0.333. The zero-order valence-electron chi connectivity index (χ0n) is 18.9. The van der Waals surface area contributed by atoms with Crippen LogP contribution in [0.1, 0.15) is 18.7 Å². The number of nitrogens with zero attached hydrogens (tertiary/aromatic N) is 6. The Morgan fingerprint density at radius 2 is 1.76 bits per heavy atom. The van der Waals surface area contributed by atoms with Gasteiger partial charge in [-0.05, 0) is 24.6 Å². The summed E-state index contributed by atoms with van der Waals surface area (Å²) in [5, 5.41) is 9.54. The highest BCUT2D eigenvalue weighted by Crippen LogP contribution is 2.36. The molecular formula is C24H26ClFN6O. The fourth-order valence-corrected chi connectivity index (χ4v) is 4.09. The van der Waals surface area contributed by atoms with Crippen molar-refractivity contribution < 1.29 is 9.18 Å². The summed E-state index contributed by atoms with van der Waals surface area (Å²) in [5.41, 5.74) is 3.70. The molecule has 0 aliphatic carbocycles. The molecule has 3 aromatic rings. The number of urea groups is 1. The molecule has 4 rings (SSSR count). The molecule has 33 heavy (non-hydrogen) atoms. The normalized spacial score (nSPS) is 14.8. The number of benzene rings is 1. The lowest BCUT2D eigenvalue weighted by Gasteiger charge is -2.36. The van der Waals surface area contributed by atoms with Crippen LogP contribution in [0.4, 0.5) is 15.0 Å². The molecule has 1 aromatic carbocycles. The molecule has 7 nitrogen and oxygen atoms in total. The van der Waals surface area contributed by atoms with Crippen molar-refractivity contribution in [2.24, 2.45) is 0 Å². The number of rotatable bonds is 4. The Morgan fingerprint density at radius 3 is 2.36 bits per heavy atom. The zero-order chi connectivity index (χ0) is 23.5. The summed E-state index contributed by atoms with van der Waals surface area (Å²) >= 11 is 6.48. The molecule has 1 aliphatic rings. The van der Waals surface area contributed by atoms with Crippen LogP contribution < -0.4 is 4.90 Å². The number of amides is 2. The maximum absolute atomic E-state index is 13.7. The fourth-order valence-electron chi connectivity index (χ4n) is 3.86. The lowest BCUT2D eigenvalue weighted by atomic mass is 9.99. The molecule has 1 saturated heterocycles. The van der Waals surface area contributed by atoms with E-state index in [2.05, 4.69) is 20.1 Å². The summed E-state index contributed by atoms with van der Waals surface area (Å²) in [6.45, 7) is 4.03. The molecule has 1 atom stereocenters. The first-order valence-corrected chi connectivity index (χ1v) is 11.2. The summed E-state index contributed by atoms with van der Waals surface area (Å²) in [5.74, 6) is 0.715. The average Bonchev–Trinajstić information content (AvgIpc) is 2.83. The third kappa shape index (κ3) is 4.90. The molecule has 9 heteroatoms. The van der Waals surface area contributed by atoms with Gasteiger partial charge in [-0.2, -0.15) is 0 Å². The Bertz CT molecular complexity index is 1130. The Labute approximate surface area is 197 Å². The molecule has 0 spiro atoms. The Kier molecular flexibility index (Phi) is 6.74. The minimum absolute atomic E-state index is 0.00591. The first-order chi connectivity index (χ1) is 15.8. The second kappa shape index (κ2) is 9.70. The van der Waals surface area contributed by atoms with Gasteiger partial charge in [-0.3, -0.25) is 4.98 Å². The quantitative estimate of drug-likeness (QED) is 0.555. The van der Waals surface area contributed by atoms with Crippen LogP contribution in [0.25, 0.3) is 22.4 Å². The van der Waals surface area contributed by atoms with Gasteiger partial charge in [0.25, 0.3) is 0 Å². The van der Waals surface area contributed by atoms with E-state index in [1.165, 1.54) is 6.92 Å². The van der Waals surface area contributed by atoms with Gasteiger partial charge < -0.3 is 14.7 Å². The molecule has 172 valence electrons. The topological polar surface area (TPSA) is 65.5 Å². The van der Waals surface area contributed by atoms with Gasteiger partial charge >= 0.3 is 6.03 Å². The number of alkyl halides is 1. The summed E-state index contributed by atoms with van der Waals surface area (Å²) in [6.07, 6.45) is 2.24. The lowest BCUT2D eigenvalue weighted by molar-refractivity contribution is 0.168. The Morgan fingerprint density at radius 1 is 1.06 bits per heavy atom. The van der Waals surface area contributed by atoms with Crippen molar-refractivity contribution in [3.8, 4) is 22.4 Å². The first-order valence-electron chi connectivity index (χ1n) is 10.8. The van der Waals surface area contributed by atoms with Gasteiger partial charge in [0.1, 0.15) is 11.9 Å². The van der Waals surface area contributed by atoms with Crippen molar-refractivity contribution in [2.75, 3.05) is 45.2 Å². The molecule has 2 amide bonds. The van der Waals surface area contributed by atoms with E-state index in [0.717, 1.165) is 16.7 Å². The molecule has 3 heterocycles. The van der Waals surface area contributed by atoms with Crippen LogP contribution >= 0.6 is 11.6 Å². The number of piperazine rings is 1. The van der Waals surface area contributed by atoms with Crippen molar-refractivity contribution in [3.05, 3.63) is 59.4 Å². The van der Waals surface area contributed by atoms with Crippen molar-refractivity contribution in [1.29, 1.82) is 0 Å². The van der Waals surface area contributed by atoms with Crippen molar-refractivity contribution in [1.82, 2.24) is 25.0 Å². The summed E-state index contributed by atoms with van der Waals surface area (Å²) in [6, 6.07) is 11.0. The van der Waals surface area contributed by atoms with Gasteiger partial charge in [0.15, 0.2) is 5.82 Å². The molecule has 0 radical (unpaired) electrons. The van der Waals surface area contributed by atoms with Crippen molar-refractivity contribution in [2.45, 2.75) is 13.1 Å². The van der Waals surface area contributed by atoms with E-state index in [0.29, 0.717) is 48.3 Å². The van der Waals surface area contributed by atoms with Crippen molar-refractivity contribution >= 4 is 23.4 Å². The van der Waals surface area contributed by atoms with Crippen LogP contribution in [0.5, 0.6) is 0 Å². The van der Waals surface area contributed by atoms with E-state index in [-0.39, 0.29) is 6.03 Å². The second-order valence-electron chi connectivity index (χ2n) is 8.21. The highest BCUT2D eigenvalue weighted by molar-refractivity contribution is 6.33. The summed E-state index contributed by atoms with van der Waals surface area (Å²) < 4.78 is 13.7. The SMILES string of the molecule is CC(F)c1ccc(-c2nnc(N3CCN(C(=O)N(C)C)CC3)cc2-c2ccncc2Cl)cc1. The van der Waals surface area contributed by atoms with Crippen LogP contribution in [-0.2, 0) is 0 Å². The smallest absolute Gasteiger partial charge is 0.319 e. The first kappa shape index (κ1) is 22.9.